The second-order valence-electron chi connectivity index (χ2n) is 8.36. The average molecular weight is 347 g/mol. The summed E-state index contributed by atoms with van der Waals surface area (Å²) in [6, 6.07) is 1.04. The van der Waals surface area contributed by atoms with Gasteiger partial charge in [0.15, 0.2) is 0 Å². The molecule has 138 valence electrons. The third-order valence-electron chi connectivity index (χ3n) is 4.03. The smallest absolute Gasteiger partial charge is 0.403 e. The number of phenols is 1. The molecule has 6 heteroatoms. The summed E-state index contributed by atoms with van der Waals surface area (Å²) in [6.45, 7) is 11.4. The number of aliphatic hydroxyl groups is 1. The van der Waals surface area contributed by atoms with Crippen molar-refractivity contribution in [2.45, 2.75) is 77.1 Å². The summed E-state index contributed by atoms with van der Waals surface area (Å²) >= 11 is 0. The molecule has 0 aliphatic rings. The van der Waals surface area contributed by atoms with Crippen molar-refractivity contribution in [1.82, 2.24) is 0 Å². The first-order chi connectivity index (χ1) is 10.5. The first kappa shape index (κ1) is 20.8. The molecule has 0 aromatic heterocycles. The molecular weight excluding hydrogens is 319 g/mol. The number of rotatable bonds is 3. The van der Waals surface area contributed by atoms with E-state index in [0.717, 1.165) is 0 Å². The van der Waals surface area contributed by atoms with Crippen LogP contribution in [-0.4, -0.2) is 22.4 Å². The Morgan fingerprint density at radius 2 is 1.33 bits per heavy atom. The minimum atomic E-state index is -4.56. The van der Waals surface area contributed by atoms with Gasteiger partial charge in [-0.1, -0.05) is 41.5 Å². The lowest BCUT2D eigenvalue weighted by Crippen LogP contribution is -2.38. The van der Waals surface area contributed by atoms with Crippen LogP contribution in [0.1, 0.15) is 70.8 Å². The van der Waals surface area contributed by atoms with Crippen LogP contribution in [0.4, 0.5) is 13.2 Å². The lowest BCUT2D eigenvalue weighted by Gasteiger charge is -2.29. The number of benzene rings is 1. The molecule has 0 aliphatic heterocycles. The van der Waals surface area contributed by atoms with E-state index in [1.54, 1.807) is 12.1 Å². The third kappa shape index (κ3) is 4.86. The Morgan fingerprint density at radius 1 is 0.958 bits per heavy atom. The molecule has 4 N–H and O–H groups in total. The van der Waals surface area contributed by atoms with Gasteiger partial charge in [-0.15, -0.1) is 0 Å². The molecule has 2 atom stereocenters. The molecule has 0 fully saturated rings. The molecule has 3 nitrogen and oxygen atoms in total. The van der Waals surface area contributed by atoms with Crippen molar-refractivity contribution in [3.05, 3.63) is 28.8 Å². The van der Waals surface area contributed by atoms with Gasteiger partial charge in [-0.25, -0.2) is 0 Å². The molecule has 0 heterocycles. The molecule has 0 unspecified atom stereocenters. The van der Waals surface area contributed by atoms with Crippen LogP contribution in [0.3, 0.4) is 0 Å². The van der Waals surface area contributed by atoms with E-state index in [9.17, 15) is 23.4 Å². The van der Waals surface area contributed by atoms with E-state index in [4.69, 9.17) is 5.73 Å². The molecule has 0 spiro atoms. The van der Waals surface area contributed by atoms with Gasteiger partial charge >= 0.3 is 6.18 Å². The van der Waals surface area contributed by atoms with Crippen LogP contribution in [-0.2, 0) is 10.8 Å². The Kier molecular flexibility index (Phi) is 5.68. The molecule has 0 aliphatic carbocycles. The summed E-state index contributed by atoms with van der Waals surface area (Å²) in [4.78, 5) is 0. The van der Waals surface area contributed by atoms with Crippen molar-refractivity contribution < 1.29 is 23.4 Å². The molecule has 1 aromatic carbocycles. The van der Waals surface area contributed by atoms with Gasteiger partial charge in [0.1, 0.15) is 11.8 Å². The van der Waals surface area contributed by atoms with Crippen molar-refractivity contribution in [2.24, 2.45) is 5.73 Å². The Hall–Kier alpha value is -1.27. The SMILES string of the molecule is CC(C)(C)c1cc([C@@H](O)C[C@@H](N)C(F)(F)F)cc(C(C)(C)C)c1O. The van der Waals surface area contributed by atoms with E-state index in [-0.39, 0.29) is 5.75 Å². The maximum absolute atomic E-state index is 12.7. The van der Waals surface area contributed by atoms with Gasteiger partial charge in [-0.3, -0.25) is 0 Å². The second-order valence-corrected chi connectivity index (χ2v) is 8.36. The number of halogens is 3. The lowest BCUT2D eigenvalue weighted by atomic mass is 9.77. The van der Waals surface area contributed by atoms with E-state index in [2.05, 4.69) is 0 Å². The molecule has 0 amide bonds. The summed E-state index contributed by atoms with van der Waals surface area (Å²) in [7, 11) is 0. The highest BCUT2D eigenvalue weighted by atomic mass is 19.4. The number of aromatic hydroxyl groups is 1. The van der Waals surface area contributed by atoms with Crippen LogP contribution in [0.2, 0.25) is 0 Å². The Balaban J connectivity index is 3.39. The van der Waals surface area contributed by atoms with Crippen LogP contribution in [0.5, 0.6) is 5.75 Å². The van der Waals surface area contributed by atoms with Crippen LogP contribution < -0.4 is 5.73 Å². The monoisotopic (exact) mass is 347 g/mol. The van der Waals surface area contributed by atoms with E-state index < -0.39 is 35.6 Å². The second kappa shape index (κ2) is 6.56. The molecule has 0 saturated heterocycles. The van der Waals surface area contributed by atoms with Crippen molar-refractivity contribution >= 4 is 0 Å². The van der Waals surface area contributed by atoms with E-state index in [1.165, 1.54) is 0 Å². The first-order valence-corrected chi connectivity index (χ1v) is 7.93. The van der Waals surface area contributed by atoms with Crippen molar-refractivity contribution in [2.75, 3.05) is 0 Å². The van der Waals surface area contributed by atoms with Gasteiger partial charge in [0, 0.05) is 6.42 Å². The molecule has 24 heavy (non-hydrogen) atoms. The molecule has 1 aromatic rings. The standard InChI is InChI=1S/C18H28F3NO2/c1-16(2,3)11-7-10(8-12(15(11)24)17(4,5)6)13(23)9-14(22)18(19,20)21/h7-8,13-14,23-24H,9,22H2,1-6H3/t13-,14+/m0/s1. The Bertz CT molecular complexity index is 548. The fraction of sp³-hybridized carbons (Fsp3) is 0.667. The van der Waals surface area contributed by atoms with Crippen LogP contribution >= 0.6 is 0 Å². The topological polar surface area (TPSA) is 66.5 Å². The zero-order valence-corrected chi connectivity index (χ0v) is 15.1. The lowest BCUT2D eigenvalue weighted by molar-refractivity contribution is -0.153. The number of nitrogens with two attached hydrogens (primary N) is 1. The summed E-state index contributed by atoms with van der Waals surface area (Å²) < 4.78 is 38.0. The number of phenolic OH excluding ortho intramolecular Hbond substituents is 1. The molecule has 0 bridgehead atoms. The van der Waals surface area contributed by atoms with Crippen LogP contribution in [0.15, 0.2) is 12.1 Å². The maximum atomic E-state index is 12.7. The first-order valence-electron chi connectivity index (χ1n) is 7.93. The van der Waals surface area contributed by atoms with Crippen LogP contribution in [0.25, 0.3) is 0 Å². The van der Waals surface area contributed by atoms with Gasteiger partial charge in [0.2, 0.25) is 0 Å². The number of hydrogen-bond acceptors (Lipinski definition) is 3. The minimum absolute atomic E-state index is 0.117. The minimum Gasteiger partial charge on any atom is -0.507 e. The van der Waals surface area contributed by atoms with Crippen molar-refractivity contribution in [3.63, 3.8) is 0 Å². The summed E-state index contributed by atoms with van der Waals surface area (Å²) in [5.41, 5.74) is 5.79. The number of hydrogen-bond donors (Lipinski definition) is 3. The molecule has 1 rings (SSSR count). The van der Waals surface area contributed by atoms with Crippen LogP contribution in [0, 0.1) is 0 Å². The van der Waals surface area contributed by atoms with E-state index in [0.29, 0.717) is 16.7 Å². The Labute approximate surface area is 141 Å². The van der Waals surface area contributed by atoms with Gasteiger partial charge in [-0.2, -0.15) is 13.2 Å². The van der Waals surface area contributed by atoms with E-state index in [1.807, 2.05) is 41.5 Å². The zero-order valence-electron chi connectivity index (χ0n) is 15.1. The number of alkyl halides is 3. The third-order valence-corrected chi connectivity index (χ3v) is 4.03. The predicted octanol–water partition coefficient (Wildman–Crippen LogP) is 4.30. The van der Waals surface area contributed by atoms with Crippen molar-refractivity contribution in [1.29, 1.82) is 0 Å². The Morgan fingerprint density at radius 3 is 1.62 bits per heavy atom. The highest BCUT2D eigenvalue weighted by Gasteiger charge is 2.38. The van der Waals surface area contributed by atoms with Crippen molar-refractivity contribution in [3.8, 4) is 5.75 Å². The van der Waals surface area contributed by atoms with Gasteiger partial charge in [0.25, 0.3) is 0 Å². The zero-order chi connectivity index (χ0) is 19.1. The predicted molar refractivity (Wildman–Crippen MR) is 89.1 cm³/mol. The molecule has 0 saturated carbocycles. The van der Waals surface area contributed by atoms with Gasteiger partial charge in [0.05, 0.1) is 6.10 Å². The highest BCUT2D eigenvalue weighted by molar-refractivity contribution is 5.50. The summed E-state index contributed by atoms with van der Waals surface area (Å²) in [6.07, 6.45) is -6.54. The maximum Gasteiger partial charge on any atom is 0.403 e. The average Bonchev–Trinajstić information content (AvgIpc) is 2.34. The van der Waals surface area contributed by atoms with Gasteiger partial charge in [-0.05, 0) is 39.7 Å². The quantitative estimate of drug-likeness (QED) is 0.764. The molecular formula is C18H28F3NO2. The normalized spacial score (nSPS) is 16.1. The molecule has 0 radical (unpaired) electrons. The highest BCUT2D eigenvalue weighted by Crippen LogP contribution is 2.41. The summed E-state index contributed by atoms with van der Waals surface area (Å²) in [5, 5.41) is 20.9. The number of aliphatic hydroxyl groups excluding tert-OH is 1. The van der Waals surface area contributed by atoms with Gasteiger partial charge < -0.3 is 15.9 Å². The fourth-order valence-corrected chi connectivity index (χ4v) is 2.50. The summed E-state index contributed by atoms with van der Waals surface area (Å²) in [5.74, 6) is 0.117. The fourth-order valence-electron chi connectivity index (χ4n) is 2.50. The largest absolute Gasteiger partial charge is 0.507 e. The van der Waals surface area contributed by atoms with E-state index >= 15 is 0 Å².